The SMILES string of the molecule is O=C(CC1CCCCC1)NNc1cc(-c2ccc(Cl)cc2)c(-c2ccccc2Cl)nn1. The van der Waals surface area contributed by atoms with Gasteiger partial charge in [0.2, 0.25) is 5.91 Å². The second-order valence-electron chi connectivity index (χ2n) is 7.86. The molecule has 0 atom stereocenters. The molecule has 1 aromatic heterocycles. The highest BCUT2D eigenvalue weighted by Crippen LogP contribution is 2.35. The fraction of sp³-hybridized carbons (Fsp3) is 0.292. The van der Waals surface area contributed by atoms with Gasteiger partial charge < -0.3 is 0 Å². The van der Waals surface area contributed by atoms with Gasteiger partial charge in [0.25, 0.3) is 0 Å². The number of carbonyl (C=O) groups is 1. The maximum absolute atomic E-state index is 12.4. The van der Waals surface area contributed by atoms with E-state index in [9.17, 15) is 4.79 Å². The van der Waals surface area contributed by atoms with E-state index in [0.29, 0.717) is 33.9 Å². The predicted octanol–water partition coefficient (Wildman–Crippen LogP) is 6.53. The van der Waals surface area contributed by atoms with Gasteiger partial charge in [-0.05, 0) is 48.6 Å². The van der Waals surface area contributed by atoms with Crippen LogP contribution in [0.1, 0.15) is 38.5 Å². The Morgan fingerprint density at radius 3 is 2.42 bits per heavy atom. The number of hydrogen-bond acceptors (Lipinski definition) is 4. The fourth-order valence-electron chi connectivity index (χ4n) is 3.99. The first-order valence-electron chi connectivity index (χ1n) is 10.5. The van der Waals surface area contributed by atoms with Gasteiger partial charge in [0, 0.05) is 22.6 Å². The molecule has 2 aromatic carbocycles. The van der Waals surface area contributed by atoms with Crippen molar-refractivity contribution in [2.75, 3.05) is 5.43 Å². The van der Waals surface area contributed by atoms with Crippen molar-refractivity contribution in [2.24, 2.45) is 5.92 Å². The van der Waals surface area contributed by atoms with E-state index in [0.717, 1.165) is 29.5 Å². The van der Waals surface area contributed by atoms with Crippen molar-refractivity contribution >= 4 is 34.9 Å². The van der Waals surface area contributed by atoms with Crippen LogP contribution >= 0.6 is 23.2 Å². The minimum Gasteiger partial charge on any atom is -0.280 e. The molecule has 3 aromatic rings. The molecule has 7 heteroatoms. The number of hydrogen-bond donors (Lipinski definition) is 2. The lowest BCUT2D eigenvalue weighted by Gasteiger charge is -2.21. The molecule has 0 aliphatic heterocycles. The molecule has 0 bridgehead atoms. The number of benzene rings is 2. The van der Waals surface area contributed by atoms with Gasteiger partial charge in [-0.3, -0.25) is 15.6 Å². The topological polar surface area (TPSA) is 66.9 Å². The summed E-state index contributed by atoms with van der Waals surface area (Å²) < 4.78 is 0. The Labute approximate surface area is 192 Å². The Morgan fingerprint density at radius 2 is 1.68 bits per heavy atom. The number of amides is 1. The van der Waals surface area contributed by atoms with Crippen LogP contribution in [0.2, 0.25) is 10.0 Å². The lowest BCUT2D eigenvalue weighted by Crippen LogP contribution is -2.31. The molecule has 0 radical (unpaired) electrons. The first kappa shape index (κ1) is 21.6. The number of nitrogens with zero attached hydrogens (tertiary/aromatic N) is 2. The zero-order chi connectivity index (χ0) is 21.6. The lowest BCUT2D eigenvalue weighted by atomic mass is 9.87. The molecular weight excluding hydrogens is 431 g/mol. The average molecular weight is 455 g/mol. The van der Waals surface area contributed by atoms with Gasteiger partial charge in [0.05, 0.1) is 5.02 Å². The fourth-order valence-corrected chi connectivity index (χ4v) is 4.34. The Hall–Kier alpha value is -2.63. The minimum atomic E-state index is -0.0306. The van der Waals surface area contributed by atoms with Gasteiger partial charge in [-0.25, -0.2) is 0 Å². The standard InChI is InChI=1S/C24H24Cl2N4O/c25-18-12-10-17(11-13-18)20-15-22(27-29-23(31)14-16-6-2-1-3-7-16)28-30-24(20)19-8-4-5-9-21(19)26/h4-5,8-13,15-16H,1-3,6-7,14H2,(H,27,28)(H,29,31). The molecule has 0 unspecified atom stereocenters. The summed E-state index contributed by atoms with van der Waals surface area (Å²) in [5.41, 5.74) is 8.89. The molecule has 1 amide bonds. The van der Waals surface area contributed by atoms with Gasteiger partial charge >= 0.3 is 0 Å². The number of anilines is 1. The maximum Gasteiger partial charge on any atom is 0.238 e. The summed E-state index contributed by atoms with van der Waals surface area (Å²) in [6, 6.07) is 16.9. The number of aromatic nitrogens is 2. The maximum atomic E-state index is 12.4. The van der Waals surface area contributed by atoms with Crippen LogP contribution in [0.5, 0.6) is 0 Å². The molecule has 1 aliphatic rings. The largest absolute Gasteiger partial charge is 0.280 e. The van der Waals surface area contributed by atoms with Crippen molar-refractivity contribution in [2.45, 2.75) is 38.5 Å². The Bertz CT molecular complexity index is 1050. The first-order valence-corrected chi connectivity index (χ1v) is 11.3. The monoisotopic (exact) mass is 454 g/mol. The van der Waals surface area contributed by atoms with Gasteiger partial charge in [-0.1, -0.05) is 72.8 Å². The van der Waals surface area contributed by atoms with Crippen LogP contribution in [0.15, 0.2) is 54.6 Å². The van der Waals surface area contributed by atoms with Crippen LogP contribution in [0.25, 0.3) is 22.4 Å². The van der Waals surface area contributed by atoms with Gasteiger partial charge in [0.1, 0.15) is 5.69 Å². The summed E-state index contributed by atoms with van der Waals surface area (Å²) in [5.74, 6) is 0.892. The van der Waals surface area contributed by atoms with Crippen molar-refractivity contribution < 1.29 is 4.79 Å². The Morgan fingerprint density at radius 1 is 0.935 bits per heavy atom. The number of carbonyl (C=O) groups excluding carboxylic acids is 1. The van der Waals surface area contributed by atoms with Crippen molar-refractivity contribution in [1.29, 1.82) is 0 Å². The van der Waals surface area contributed by atoms with E-state index in [1.165, 1.54) is 19.3 Å². The van der Waals surface area contributed by atoms with E-state index in [2.05, 4.69) is 21.0 Å². The average Bonchev–Trinajstić information content (AvgIpc) is 2.79. The highest BCUT2D eigenvalue weighted by molar-refractivity contribution is 6.33. The smallest absolute Gasteiger partial charge is 0.238 e. The van der Waals surface area contributed by atoms with E-state index in [-0.39, 0.29) is 5.91 Å². The third-order valence-corrected chi connectivity index (χ3v) is 6.19. The number of halogens is 2. The van der Waals surface area contributed by atoms with E-state index < -0.39 is 0 Å². The van der Waals surface area contributed by atoms with E-state index in [4.69, 9.17) is 23.2 Å². The van der Waals surface area contributed by atoms with E-state index >= 15 is 0 Å². The van der Waals surface area contributed by atoms with Crippen LogP contribution < -0.4 is 10.9 Å². The third kappa shape index (κ3) is 5.54. The Balaban J connectivity index is 1.57. The molecule has 0 spiro atoms. The molecule has 1 aliphatic carbocycles. The van der Waals surface area contributed by atoms with Crippen molar-refractivity contribution in [1.82, 2.24) is 15.6 Å². The molecule has 31 heavy (non-hydrogen) atoms. The van der Waals surface area contributed by atoms with Crippen LogP contribution in [0, 0.1) is 5.92 Å². The first-order chi connectivity index (χ1) is 15.1. The molecule has 1 fully saturated rings. The predicted molar refractivity (Wildman–Crippen MR) is 126 cm³/mol. The highest BCUT2D eigenvalue weighted by Gasteiger charge is 2.18. The molecule has 1 heterocycles. The summed E-state index contributed by atoms with van der Waals surface area (Å²) in [4.78, 5) is 12.4. The zero-order valence-electron chi connectivity index (χ0n) is 17.1. The molecule has 160 valence electrons. The van der Waals surface area contributed by atoms with Crippen molar-refractivity contribution in [3.8, 4) is 22.4 Å². The van der Waals surface area contributed by atoms with Crippen LogP contribution in [0.3, 0.4) is 0 Å². The summed E-state index contributed by atoms with van der Waals surface area (Å²) in [7, 11) is 0. The summed E-state index contributed by atoms with van der Waals surface area (Å²) in [6.45, 7) is 0. The summed E-state index contributed by atoms with van der Waals surface area (Å²) >= 11 is 12.5. The van der Waals surface area contributed by atoms with Crippen LogP contribution in [0.4, 0.5) is 5.82 Å². The third-order valence-electron chi connectivity index (χ3n) is 5.61. The molecular formula is C24H24Cl2N4O. The summed E-state index contributed by atoms with van der Waals surface area (Å²) in [6.07, 6.45) is 6.48. The number of hydrazine groups is 1. The van der Waals surface area contributed by atoms with Crippen LogP contribution in [-0.4, -0.2) is 16.1 Å². The van der Waals surface area contributed by atoms with Gasteiger partial charge in [-0.15, -0.1) is 10.2 Å². The molecule has 0 saturated heterocycles. The molecule has 5 nitrogen and oxygen atoms in total. The molecule has 2 N–H and O–H groups in total. The Kier molecular flexibility index (Phi) is 7.05. The van der Waals surface area contributed by atoms with E-state index in [1.54, 1.807) is 0 Å². The normalized spacial score (nSPS) is 14.3. The molecule has 4 rings (SSSR count). The zero-order valence-corrected chi connectivity index (χ0v) is 18.6. The van der Waals surface area contributed by atoms with Gasteiger partial charge in [0.15, 0.2) is 5.82 Å². The minimum absolute atomic E-state index is 0.0306. The van der Waals surface area contributed by atoms with Crippen molar-refractivity contribution in [3.05, 3.63) is 64.6 Å². The number of rotatable bonds is 6. The summed E-state index contributed by atoms with van der Waals surface area (Å²) in [5, 5.41) is 9.92. The quantitative estimate of drug-likeness (QED) is 0.415. The number of nitrogens with one attached hydrogen (secondary N) is 2. The second-order valence-corrected chi connectivity index (χ2v) is 8.70. The van der Waals surface area contributed by atoms with Gasteiger partial charge in [-0.2, -0.15) is 0 Å². The van der Waals surface area contributed by atoms with E-state index in [1.807, 2.05) is 54.6 Å². The lowest BCUT2D eigenvalue weighted by molar-refractivity contribution is -0.121. The van der Waals surface area contributed by atoms with Crippen LogP contribution in [-0.2, 0) is 4.79 Å². The van der Waals surface area contributed by atoms with Crippen molar-refractivity contribution in [3.63, 3.8) is 0 Å². The molecule has 1 saturated carbocycles. The highest BCUT2D eigenvalue weighted by atomic mass is 35.5. The second kappa shape index (κ2) is 10.1.